The van der Waals surface area contributed by atoms with E-state index in [2.05, 4.69) is 13.8 Å². The zero-order valence-corrected chi connectivity index (χ0v) is 10.7. The number of aliphatic hydroxyl groups is 1. The van der Waals surface area contributed by atoms with Crippen LogP contribution in [0.2, 0.25) is 0 Å². The number of benzene rings is 1. The molecular weight excluding hydrogens is 241 g/mol. The van der Waals surface area contributed by atoms with Crippen LogP contribution in [0.3, 0.4) is 0 Å². The van der Waals surface area contributed by atoms with Gasteiger partial charge in [-0.25, -0.2) is 0 Å². The average molecular weight is 260 g/mol. The van der Waals surface area contributed by atoms with Crippen LogP contribution in [-0.2, 0) is 6.18 Å². The van der Waals surface area contributed by atoms with Gasteiger partial charge in [-0.1, -0.05) is 44.9 Å². The van der Waals surface area contributed by atoms with Crippen molar-refractivity contribution in [2.75, 3.05) is 0 Å². The van der Waals surface area contributed by atoms with Gasteiger partial charge in [0.15, 0.2) is 0 Å². The van der Waals surface area contributed by atoms with Crippen molar-refractivity contribution in [1.82, 2.24) is 0 Å². The molecule has 4 heteroatoms. The Morgan fingerprint density at radius 1 is 1.11 bits per heavy atom. The summed E-state index contributed by atoms with van der Waals surface area (Å²) in [5, 5.41) is 9.88. The minimum atomic E-state index is -4.41. The van der Waals surface area contributed by atoms with Crippen LogP contribution in [0.1, 0.15) is 50.3 Å². The molecule has 0 aliphatic heterocycles. The van der Waals surface area contributed by atoms with E-state index in [0.29, 0.717) is 12.3 Å². The van der Waals surface area contributed by atoms with Crippen LogP contribution < -0.4 is 0 Å². The lowest BCUT2D eigenvalue weighted by molar-refractivity contribution is -0.139. The molecule has 0 amide bonds. The van der Waals surface area contributed by atoms with E-state index in [0.717, 1.165) is 18.9 Å². The molecule has 0 heterocycles. The van der Waals surface area contributed by atoms with Crippen molar-refractivity contribution in [3.63, 3.8) is 0 Å². The molecule has 0 fully saturated rings. The summed E-state index contributed by atoms with van der Waals surface area (Å²) in [4.78, 5) is 0. The van der Waals surface area contributed by atoms with E-state index in [1.807, 2.05) is 0 Å². The van der Waals surface area contributed by atoms with Crippen molar-refractivity contribution < 1.29 is 18.3 Å². The zero-order valence-electron chi connectivity index (χ0n) is 10.7. The third kappa shape index (κ3) is 4.33. The van der Waals surface area contributed by atoms with Gasteiger partial charge < -0.3 is 5.11 Å². The predicted octanol–water partition coefficient (Wildman–Crippen LogP) is 4.57. The Morgan fingerprint density at radius 3 is 2.28 bits per heavy atom. The highest BCUT2D eigenvalue weighted by molar-refractivity contribution is 5.31. The topological polar surface area (TPSA) is 20.2 Å². The third-order valence-corrected chi connectivity index (χ3v) is 2.88. The largest absolute Gasteiger partial charge is 0.416 e. The standard InChI is InChI=1S/C14H19F3O/c1-10(2)6-5-9-13(18)11-7-3-4-8-12(11)14(15,16)17/h3-4,7-8,10,13,18H,5-6,9H2,1-2H3. The fraction of sp³-hybridized carbons (Fsp3) is 0.571. The highest BCUT2D eigenvalue weighted by Crippen LogP contribution is 2.35. The highest BCUT2D eigenvalue weighted by Gasteiger charge is 2.34. The second-order valence-corrected chi connectivity index (χ2v) is 4.93. The Balaban J connectivity index is 2.76. The van der Waals surface area contributed by atoms with Crippen molar-refractivity contribution in [2.45, 2.75) is 45.4 Å². The molecule has 0 spiro atoms. The molecule has 0 aliphatic carbocycles. The lowest BCUT2D eigenvalue weighted by atomic mass is 9.96. The molecule has 0 radical (unpaired) electrons. The van der Waals surface area contributed by atoms with E-state index < -0.39 is 17.8 Å². The quantitative estimate of drug-likeness (QED) is 0.822. The average Bonchev–Trinajstić information content (AvgIpc) is 2.27. The van der Waals surface area contributed by atoms with Crippen LogP contribution >= 0.6 is 0 Å². The molecule has 0 bridgehead atoms. The summed E-state index contributed by atoms with van der Waals surface area (Å²) in [7, 11) is 0. The van der Waals surface area contributed by atoms with E-state index in [1.165, 1.54) is 18.2 Å². The monoisotopic (exact) mass is 260 g/mol. The fourth-order valence-corrected chi connectivity index (χ4v) is 1.92. The van der Waals surface area contributed by atoms with Crippen LogP contribution in [0.15, 0.2) is 24.3 Å². The van der Waals surface area contributed by atoms with E-state index in [1.54, 1.807) is 0 Å². The Labute approximate surface area is 106 Å². The lowest BCUT2D eigenvalue weighted by Gasteiger charge is -2.17. The summed E-state index contributed by atoms with van der Waals surface area (Å²) < 4.78 is 38.2. The maximum atomic E-state index is 12.7. The van der Waals surface area contributed by atoms with Crippen LogP contribution in [-0.4, -0.2) is 5.11 Å². The van der Waals surface area contributed by atoms with Crippen LogP contribution in [0.5, 0.6) is 0 Å². The Kier molecular flexibility index (Phi) is 5.20. The van der Waals surface area contributed by atoms with Crippen LogP contribution in [0.25, 0.3) is 0 Å². The van der Waals surface area contributed by atoms with Crippen molar-refractivity contribution in [1.29, 1.82) is 0 Å². The van der Waals surface area contributed by atoms with Crippen molar-refractivity contribution in [3.05, 3.63) is 35.4 Å². The molecule has 0 saturated carbocycles. The second kappa shape index (κ2) is 6.23. The van der Waals surface area contributed by atoms with E-state index in [9.17, 15) is 18.3 Å². The SMILES string of the molecule is CC(C)CCCC(O)c1ccccc1C(F)(F)F. The van der Waals surface area contributed by atoms with Gasteiger partial charge in [-0.05, 0) is 24.0 Å². The molecular formula is C14H19F3O. The molecule has 18 heavy (non-hydrogen) atoms. The summed E-state index contributed by atoms with van der Waals surface area (Å²) in [6.07, 6.45) is -3.45. The van der Waals surface area contributed by atoms with Gasteiger partial charge in [0.2, 0.25) is 0 Å². The molecule has 0 aromatic heterocycles. The van der Waals surface area contributed by atoms with Crippen molar-refractivity contribution in [3.8, 4) is 0 Å². The van der Waals surface area contributed by atoms with E-state index >= 15 is 0 Å². The van der Waals surface area contributed by atoms with Gasteiger partial charge in [-0.15, -0.1) is 0 Å². The maximum Gasteiger partial charge on any atom is 0.416 e. The number of aliphatic hydroxyl groups excluding tert-OH is 1. The minimum Gasteiger partial charge on any atom is -0.388 e. The van der Waals surface area contributed by atoms with E-state index in [-0.39, 0.29) is 5.56 Å². The van der Waals surface area contributed by atoms with Gasteiger partial charge in [0.25, 0.3) is 0 Å². The molecule has 1 unspecified atom stereocenters. The number of hydrogen-bond donors (Lipinski definition) is 1. The van der Waals surface area contributed by atoms with Crippen LogP contribution in [0, 0.1) is 5.92 Å². The van der Waals surface area contributed by atoms with Gasteiger partial charge in [0, 0.05) is 0 Å². The molecule has 1 N–H and O–H groups in total. The molecule has 0 saturated heterocycles. The number of halogens is 3. The zero-order chi connectivity index (χ0) is 13.8. The Hall–Kier alpha value is -1.03. The predicted molar refractivity (Wildman–Crippen MR) is 65.1 cm³/mol. The maximum absolute atomic E-state index is 12.7. The Bertz CT molecular complexity index is 372. The molecule has 0 aliphatic rings. The number of alkyl halides is 3. The molecule has 1 aromatic carbocycles. The first-order chi connectivity index (χ1) is 8.32. The van der Waals surface area contributed by atoms with Crippen molar-refractivity contribution >= 4 is 0 Å². The molecule has 1 rings (SSSR count). The highest BCUT2D eigenvalue weighted by atomic mass is 19.4. The first-order valence-electron chi connectivity index (χ1n) is 6.16. The summed E-state index contributed by atoms with van der Waals surface area (Å²) in [6.45, 7) is 4.10. The Morgan fingerprint density at radius 2 is 1.72 bits per heavy atom. The summed E-state index contributed by atoms with van der Waals surface area (Å²) in [5.41, 5.74) is -0.754. The van der Waals surface area contributed by atoms with Crippen LogP contribution in [0.4, 0.5) is 13.2 Å². The van der Waals surface area contributed by atoms with Gasteiger partial charge in [0.1, 0.15) is 0 Å². The second-order valence-electron chi connectivity index (χ2n) is 4.93. The number of hydrogen-bond acceptors (Lipinski definition) is 1. The van der Waals surface area contributed by atoms with Gasteiger partial charge in [0.05, 0.1) is 11.7 Å². The number of rotatable bonds is 5. The minimum absolute atomic E-state index is 0.0197. The molecule has 1 aromatic rings. The smallest absolute Gasteiger partial charge is 0.388 e. The lowest BCUT2D eigenvalue weighted by Crippen LogP contribution is -2.12. The van der Waals surface area contributed by atoms with Gasteiger partial charge in [-0.2, -0.15) is 13.2 Å². The summed E-state index contributed by atoms with van der Waals surface area (Å²) in [6, 6.07) is 5.23. The van der Waals surface area contributed by atoms with Crippen molar-refractivity contribution in [2.24, 2.45) is 5.92 Å². The normalized spacial score (nSPS) is 13.9. The van der Waals surface area contributed by atoms with Gasteiger partial charge in [-0.3, -0.25) is 0 Å². The molecule has 1 nitrogen and oxygen atoms in total. The molecule has 102 valence electrons. The van der Waals surface area contributed by atoms with E-state index in [4.69, 9.17) is 0 Å². The summed E-state index contributed by atoms with van der Waals surface area (Å²) in [5.74, 6) is 0.495. The summed E-state index contributed by atoms with van der Waals surface area (Å²) >= 11 is 0. The third-order valence-electron chi connectivity index (χ3n) is 2.88. The van der Waals surface area contributed by atoms with Gasteiger partial charge >= 0.3 is 6.18 Å². The first-order valence-corrected chi connectivity index (χ1v) is 6.16. The first kappa shape index (κ1) is 15.0. The molecule has 1 atom stereocenters. The fourth-order valence-electron chi connectivity index (χ4n) is 1.92.